The molecule has 100 valence electrons. The predicted octanol–water partition coefficient (Wildman–Crippen LogP) is 2.29. The number of nitro groups is 1. The van der Waals surface area contributed by atoms with Crippen molar-refractivity contribution in [2.75, 3.05) is 13.1 Å². The summed E-state index contributed by atoms with van der Waals surface area (Å²) in [7, 11) is 0. The van der Waals surface area contributed by atoms with Crippen molar-refractivity contribution < 1.29 is 14.1 Å². The summed E-state index contributed by atoms with van der Waals surface area (Å²) in [5.41, 5.74) is -0.578. The molecule has 1 N–H and O–H groups in total. The van der Waals surface area contributed by atoms with Crippen LogP contribution in [-0.2, 0) is 0 Å². The molecule has 1 heterocycles. The maximum atomic E-state index is 13.3. The third-order valence-corrected chi connectivity index (χ3v) is 2.71. The number of nitrogens with zero attached hydrogens (tertiary/aromatic N) is 1. The molecule has 0 atom stereocenters. The number of halogens is 2. The lowest BCUT2D eigenvalue weighted by atomic mass is 10.1. The highest BCUT2D eigenvalue weighted by Gasteiger charge is 2.24. The number of hydrogen-bond donors (Lipinski definition) is 1. The van der Waals surface area contributed by atoms with E-state index in [1.54, 1.807) is 0 Å². The van der Waals surface area contributed by atoms with Crippen LogP contribution in [-0.4, -0.2) is 24.1 Å². The zero-order chi connectivity index (χ0) is 12.3. The van der Waals surface area contributed by atoms with Gasteiger partial charge in [0.2, 0.25) is 11.6 Å². The Labute approximate surface area is 110 Å². The topological polar surface area (TPSA) is 64.4 Å². The number of nitro benzene ring substituents is 1. The maximum absolute atomic E-state index is 13.3. The van der Waals surface area contributed by atoms with E-state index in [-0.39, 0.29) is 24.3 Å². The molecule has 0 spiro atoms. The lowest BCUT2D eigenvalue weighted by molar-refractivity contribution is -0.388. The van der Waals surface area contributed by atoms with E-state index in [1.807, 2.05) is 0 Å². The number of para-hydroxylation sites is 1. The van der Waals surface area contributed by atoms with Gasteiger partial charge in [-0.15, -0.1) is 12.4 Å². The van der Waals surface area contributed by atoms with Crippen LogP contribution in [0.15, 0.2) is 18.2 Å². The Balaban J connectivity index is 0.00000162. The number of benzene rings is 1. The Kier molecular flexibility index (Phi) is 5.30. The van der Waals surface area contributed by atoms with Crippen molar-refractivity contribution in [1.82, 2.24) is 5.32 Å². The van der Waals surface area contributed by atoms with E-state index in [1.165, 1.54) is 12.1 Å². The van der Waals surface area contributed by atoms with Crippen LogP contribution in [0.25, 0.3) is 0 Å². The second-order valence-corrected chi connectivity index (χ2v) is 3.91. The average molecular weight is 277 g/mol. The van der Waals surface area contributed by atoms with Crippen LogP contribution in [0.4, 0.5) is 10.1 Å². The van der Waals surface area contributed by atoms with Gasteiger partial charge in [0.05, 0.1) is 4.92 Å². The fourth-order valence-electron chi connectivity index (χ4n) is 1.86. The first-order valence-electron chi connectivity index (χ1n) is 5.49. The Morgan fingerprint density at radius 2 is 2.06 bits per heavy atom. The number of rotatable bonds is 3. The van der Waals surface area contributed by atoms with Gasteiger partial charge in [-0.2, -0.15) is 4.39 Å². The quantitative estimate of drug-likeness (QED) is 0.679. The van der Waals surface area contributed by atoms with Crippen molar-refractivity contribution in [3.05, 3.63) is 34.1 Å². The summed E-state index contributed by atoms with van der Waals surface area (Å²) in [6, 6.07) is 3.91. The first kappa shape index (κ1) is 14.7. The van der Waals surface area contributed by atoms with E-state index in [9.17, 15) is 14.5 Å². The van der Waals surface area contributed by atoms with Crippen molar-refractivity contribution in [2.24, 2.45) is 0 Å². The van der Waals surface area contributed by atoms with Gasteiger partial charge in [0, 0.05) is 0 Å². The Bertz CT molecular complexity index is 425. The Morgan fingerprint density at radius 3 is 2.67 bits per heavy atom. The van der Waals surface area contributed by atoms with Gasteiger partial charge in [0.25, 0.3) is 0 Å². The van der Waals surface area contributed by atoms with Gasteiger partial charge < -0.3 is 10.1 Å². The van der Waals surface area contributed by atoms with Crippen LogP contribution in [0.2, 0.25) is 0 Å². The van der Waals surface area contributed by atoms with Gasteiger partial charge in [-0.1, -0.05) is 6.07 Å². The third-order valence-electron chi connectivity index (χ3n) is 2.71. The van der Waals surface area contributed by atoms with E-state index < -0.39 is 16.4 Å². The summed E-state index contributed by atoms with van der Waals surface area (Å²) in [5, 5.41) is 13.9. The SMILES string of the molecule is Cl.O=[N+]([O-])c1c(F)cccc1OC1CCNCC1. The standard InChI is InChI=1S/C11H13FN2O3.ClH/c12-9-2-1-3-10(11(9)14(15)16)17-8-4-6-13-7-5-8;/h1-3,8,13H,4-7H2;1H. The first-order chi connectivity index (χ1) is 8.18. The highest BCUT2D eigenvalue weighted by atomic mass is 35.5. The molecule has 0 radical (unpaired) electrons. The molecule has 18 heavy (non-hydrogen) atoms. The minimum Gasteiger partial charge on any atom is -0.483 e. The lowest BCUT2D eigenvalue weighted by Crippen LogP contribution is -2.34. The summed E-state index contributed by atoms with van der Waals surface area (Å²) in [5.74, 6) is -0.844. The summed E-state index contributed by atoms with van der Waals surface area (Å²) in [4.78, 5) is 10.0. The molecule has 1 aromatic carbocycles. The molecule has 0 aromatic heterocycles. The van der Waals surface area contributed by atoms with Crippen LogP contribution in [0.1, 0.15) is 12.8 Å². The Morgan fingerprint density at radius 1 is 1.39 bits per heavy atom. The predicted molar refractivity (Wildman–Crippen MR) is 66.8 cm³/mol. The second-order valence-electron chi connectivity index (χ2n) is 3.91. The van der Waals surface area contributed by atoms with Gasteiger partial charge in [-0.05, 0) is 38.1 Å². The van der Waals surface area contributed by atoms with Gasteiger partial charge in [0.15, 0.2) is 0 Å². The molecule has 1 aromatic rings. The Hall–Kier alpha value is -1.40. The molecule has 7 heteroatoms. The number of piperidine rings is 1. The smallest absolute Gasteiger partial charge is 0.346 e. The summed E-state index contributed by atoms with van der Waals surface area (Å²) in [6.45, 7) is 1.63. The minimum absolute atomic E-state index is 0. The molecule has 1 saturated heterocycles. The van der Waals surface area contributed by atoms with Crippen LogP contribution in [0.5, 0.6) is 5.75 Å². The van der Waals surface area contributed by atoms with Crippen molar-refractivity contribution in [3.63, 3.8) is 0 Å². The van der Waals surface area contributed by atoms with Gasteiger partial charge in [-0.25, -0.2) is 0 Å². The van der Waals surface area contributed by atoms with Crippen LogP contribution in [0.3, 0.4) is 0 Å². The first-order valence-corrected chi connectivity index (χ1v) is 5.49. The molecule has 1 aliphatic heterocycles. The van der Waals surface area contributed by atoms with Crippen LogP contribution in [0, 0.1) is 15.9 Å². The van der Waals surface area contributed by atoms with E-state index in [0.717, 1.165) is 32.0 Å². The molecule has 1 fully saturated rings. The monoisotopic (exact) mass is 276 g/mol. The zero-order valence-electron chi connectivity index (χ0n) is 9.60. The van der Waals surface area contributed by atoms with Gasteiger partial charge in [0.1, 0.15) is 6.10 Å². The molecule has 0 unspecified atom stereocenters. The van der Waals surface area contributed by atoms with Crippen molar-refractivity contribution in [2.45, 2.75) is 18.9 Å². The average Bonchev–Trinajstić information content (AvgIpc) is 2.30. The second kappa shape index (κ2) is 6.51. The van der Waals surface area contributed by atoms with E-state index in [2.05, 4.69) is 5.32 Å². The largest absolute Gasteiger partial charge is 0.483 e. The fraction of sp³-hybridized carbons (Fsp3) is 0.455. The van der Waals surface area contributed by atoms with E-state index >= 15 is 0 Å². The number of nitrogens with one attached hydrogen (secondary N) is 1. The molecular weight excluding hydrogens is 263 g/mol. The molecule has 0 saturated carbocycles. The van der Waals surface area contributed by atoms with Crippen molar-refractivity contribution in [3.8, 4) is 5.75 Å². The molecule has 0 amide bonds. The van der Waals surface area contributed by atoms with E-state index in [4.69, 9.17) is 4.74 Å². The van der Waals surface area contributed by atoms with Crippen LogP contribution < -0.4 is 10.1 Å². The van der Waals surface area contributed by atoms with Crippen LogP contribution >= 0.6 is 12.4 Å². The molecule has 0 bridgehead atoms. The highest BCUT2D eigenvalue weighted by Crippen LogP contribution is 2.31. The zero-order valence-corrected chi connectivity index (χ0v) is 10.4. The van der Waals surface area contributed by atoms with Crippen molar-refractivity contribution >= 4 is 18.1 Å². The lowest BCUT2D eigenvalue weighted by Gasteiger charge is -2.23. The van der Waals surface area contributed by atoms with E-state index in [0.29, 0.717) is 0 Å². The normalized spacial score (nSPS) is 15.8. The highest BCUT2D eigenvalue weighted by molar-refractivity contribution is 5.85. The summed E-state index contributed by atoms with van der Waals surface area (Å²) >= 11 is 0. The van der Waals surface area contributed by atoms with Gasteiger partial charge >= 0.3 is 5.69 Å². The fourth-order valence-corrected chi connectivity index (χ4v) is 1.86. The molecule has 2 rings (SSSR count). The third kappa shape index (κ3) is 3.30. The maximum Gasteiger partial charge on any atom is 0.346 e. The molecule has 1 aliphatic rings. The summed E-state index contributed by atoms with van der Waals surface area (Å²) in [6.07, 6.45) is 1.46. The van der Waals surface area contributed by atoms with Crippen molar-refractivity contribution in [1.29, 1.82) is 0 Å². The number of hydrogen-bond acceptors (Lipinski definition) is 4. The summed E-state index contributed by atoms with van der Waals surface area (Å²) < 4.78 is 18.8. The minimum atomic E-state index is -0.860. The molecular formula is C11H14ClFN2O3. The molecule has 0 aliphatic carbocycles. The molecule has 5 nitrogen and oxygen atoms in total. The van der Waals surface area contributed by atoms with Gasteiger partial charge in [-0.3, -0.25) is 10.1 Å². The number of ether oxygens (including phenoxy) is 1.